The molecule has 0 aliphatic carbocycles. The Morgan fingerprint density at radius 2 is 2.05 bits per heavy atom. The number of amides is 2. The van der Waals surface area contributed by atoms with Crippen LogP contribution in [0.2, 0.25) is 0 Å². The first-order chi connectivity index (χ1) is 9.08. The third-order valence-corrected chi connectivity index (χ3v) is 3.85. The molecule has 1 aromatic rings. The van der Waals surface area contributed by atoms with E-state index in [0.717, 1.165) is 0 Å². The number of thiophene rings is 1. The van der Waals surface area contributed by atoms with Crippen molar-refractivity contribution in [3.8, 4) is 0 Å². The maximum atomic E-state index is 11.8. The highest BCUT2D eigenvalue weighted by Gasteiger charge is 2.32. The summed E-state index contributed by atoms with van der Waals surface area (Å²) in [4.78, 5) is 25.4. The summed E-state index contributed by atoms with van der Waals surface area (Å²) in [7, 11) is 0. The van der Waals surface area contributed by atoms with Crippen molar-refractivity contribution >= 4 is 23.2 Å². The van der Waals surface area contributed by atoms with Crippen molar-refractivity contribution in [1.29, 1.82) is 0 Å². The molecule has 0 bridgehead atoms. The third-order valence-electron chi connectivity index (χ3n) is 2.98. The number of nitrogens with zero attached hydrogens (tertiary/aromatic N) is 1. The Morgan fingerprint density at radius 3 is 2.63 bits per heavy atom. The maximum Gasteiger partial charge on any atom is 0.261 e. The maximum absolute atomic E-state index is 11.8. The molecule has 19 heavy (non-hydrogen) atoms. The Kier molecular flexibility index (Phi) is 4.52. The Hall–Kier alpha value is -1.44. The number of likely N-dealkylation sites (tertiary alicyclic amines) is 1. The van der Waals surface area contributed by atoms with Crippen LogP contribution < -0.4 is 5.32 Å². The second-order valence-corrected chi connectivity index (χ2v) is 5.36. The van der Waals surface area contributed by atoms with Gasteiger partial charge in [-0.25, -0.2) is 0 Å². The third kappa shape index (κ3) is 3.52. The van der Waals surface area contributed by atoms with Crippen LogP contribution in [-0.2, 0) is 4.79 Å². The molecule has 2 heterocycles. The molecule has 0 radical (unpaired) electrons. The Bertz CT molecular complexity index is 439. The van der Waals surface area contributed by atoms with Crippen molar-refractivity contribution in [1.82, 2.24) is 10.2 Å². The summed E-state index contributed by atoms with van der Waals surface area (Å²) in [5.41, 5.74) is 0. The van der Waals surface area contributed by atoms with E-state index in [4.69, 9.17) is 0 Å². The second kappa shape index (κ2) is 6.14. The van der Waals surface area contributed by atoms with E-state index in [1.807, 2.05) is 5.38 Å². The quantitative estimate of drug-likeness (QED) is 0.691. The molecule has 1 aliphatic rings. The van der Waals surface area contributed by atoms with Gasteiger partial charge in [0.1, 0.15) is 0 Å². The minimum Gasteiger partial charge on any atom is -0.388 e. The van der Waals surface area contributed by atoms with Gasteiger partial charge >= 0.3 is 0 Å². The number of rotatable bonds is 4. The first kappa shape index (κ1) is 14.0. The Morgan fingerprint density at radius 1 is 1.37 bits per heavy atom. The van der Waals surface area contributed by atoms with E-state index in [9.17, 15) is 19.8 Å². The first-order valence-corrected chi connectivity index (χ1v) is 6.91. The molecule has 0 saturated carbocycles. The lowest BCUT2D eigenvalue weighted by Crippen LogP contribution is -2.33. The normalized spacial score (nSPS) is 22.5. The summed E-state index contributed by atoms with van der Waals surface area (Å²) >= 11 is 1.34. The van der Waals surface area contributed by atoms with E-state index in [-0.39, 0.29) is 37.9 Å². The Labute approximate surface area is 114 Å². The number of aliphatic hydroxyl groups is 2. The summed E-state index contributed by atoms with van der Waals surface area (Å²) in [5, 5.41) is 23.2. The summed E-state index contributed by atoms with van der Waals surface area (Å²) < 4.78 is 0. The topological polar surface area (TPSA) is 89.9 Å². The van der Waals surface area contributed by atoms with Gasteiger partial charge in [0.25, 0.3) is 5.91 Å². The molecule has 6 nitrogen and oxygen atoms in total. The molecular formula is C12H16N2O4S. The van der Waals surface area contributed by atoms with Crippen LogP contribution in [0, 0.1) is 0 Å². The van der Waals surface area contributed by atoms with Gasteiger partial charge < -0.3 is 20.4 Å². The van der Waals surface area contributed by atoms with Gasteiger partial charge in [0.05, 0.1) is 17.1 Å². The molecule has 0 aromatic carbocycles. The van der Waals surface area contributed by atoms with Crippen LogP contribution in [0.25, 0.3) is 0 Å². The monoisotopic (exact) mass is 284 g/mol. The molecule has 2 rings (SSSR count). The fraction of sp³-hybridized carbons (Fsp3) is 0.500. The lowest BCUT2D eigenvalue weighted by molar-refractivity contribution is -0.130. The Balaban J connectivity index is 1.71. The standard InChI is InChI=1S/C12H16N2O4S/c15-8-6-14(7-9(8)16)11(17)3-4-13-12(18)10-2-1-5-19-10/h1-2,5,8-9,15-16H,3-4,6-7H2,(H,13,18)/t8-,9+. The van der Waals surface area contributed by atoms with Crippen molar-refractivity contribution in [2.24, 2.45) is 0 Å². The summed E-state index contributed by atoms with van der Waals surface area (Å²) in [6.07, 6.45) is -1.58. The zero-order chi connectivity index (χ0) is 13.8. The molecule has 1 fully saturated rings. The summed E-state index contributed by atoms with van der Waals surface area (Å²) in [6.45, 7) is 0.552. The summed E-state index contributed by atoms with van der Waals surface area (Å²) in [6, 6.07) is 3.51. The molecule has 3 N–H and O–H groups in total. The molecule has 7 heteroatoms. The predicted octanol–water partition coefficient (Wildman–Crippen LogP) is -0.568. The minimum atomic E-state index is -0.871. The van der Waals surface area contributed by atoms with E-state index in [2.05, 4.69) is 5.32 Å². The first-order valence-electron chi connectivity index (χ1n) is 6.03. The highest BCUT2D eigenvalue weighted by molar-refractivity contribution is 7.12. The molecule has 0 spiro atoms. The van der Waals surface area contributed by atoms with Crippen LogP contribution in [0.3, 0.4) is 0 Å². The van der Waals surface area contributed by atoms with Gasteiger partial charge in [-0.05, 0) is 11.4 Å². The van der Waals surface area contributed by atoms with Crippen molar-refractivity contribution in [3.63, 3.8) is 0 Å². The fourth-order valence-electron chi connectivity index (χ4n) is 1.91. The number of β-amino-alcohol motifs (C(OH)–C–C–N with tert-alkyl or cyclic N) is 2. The number of aliphatic hydroxyl groups excluding tert-OH is 2. The molecule has 2 amide bonds. The average molecular weight is 284 g/mol. The average Bonchev–Trinajstić information content (AvgIpc) is 3.00. The minimum absolute atomic E-state index is 0.152. The van der Waals surface area contributed by atoms with Crippen LogP contribution in [-0.4, -0.2) is 58.8 Å². The van der Waals surface area contributed by atoms with Gasteiger partial charge in [-0.15, -0.1) is 11.3 Å². The van der Waals surface area contributed by atoms with Gasteiger partial charge in [0, 0.05) is 26.1 Å². The van der Waals surface area contributed by atoms with E-state index >= 15 is 0 Å². The predicted molar refractivity (Wildman–Crippen MR) is 69.9 cm³/mol. The van der Waals surface area contributed by atoms with E-state index in [1.165, 1.54) is 16.2 Å². The largest absolute Gasteiger partial charge is 0.388 e. The zero-order valence-corrected chi connectivity index (χ0v) is 11.1. The second-order valence-electron chi connectivity index (χ2n) is 4.42. The van der Waals surface area contributed by atoms with Crippen LogP contribution in [0.5, 0.6) is 0 Å². The van der Waals surface area contributed by atoms with Crippen molar-refractivity contribution in [2.75, 3.05) is 19.6 Å². The van der Waals surface area contributed by atoms with Crippen molar-refractivity contribution in [2.45, 2.75) is 18.6 Å². The molecule has 2 atom stereocenters. The van der Waals surface area contributed by atoms with Gasteiger partial charge in [0.2, 0.25) is 5.91 Å². The number of carbonyl (C=O) groups excluding carboxylic acids is 2. The van der Waals surface area contributed by atoms with E-state index < -0.39 is 12.2 Å². The van der Waals surface area contributed by atoms with Crippen LogP contribution >= 0.6 is 11.3 Å². The van der Waals surface area contributed by atoms with Crippen LogP contribution in [0.4, 0.5) is 0 Å². The van der Waals surface area contributed by atoms with Crippen molar-refractivity contribution in [3.05, 3.63) is 22.4 Å². The highest BCUT2D eigenvalue weighted by atomic mass is 32.1. The molecule has 1 saturated heterocycles. The van der Waals surface area contributed by atoms with E-state index in [0.29, 0.717) is 4.88 Å². The smallest absolute Gasteiger partial charge is 0.261 e. The number of nitrogens with one attached hydrogen (secondary N) is 1. The number of carbonyl (C=O) groups is 2. The van der Waals surface area contributed by atoms with Gasteiger partial charge in [0.15, 0.2) is 0 Å². The number of hydrogen-bond acceptors (Lipinski definition) is 5. The molecule has 1 aliphatic heterocycles. The molecule has 1 aromatic heterocycles. The van der Waals surface area contributed by atoms with Gasteiger partial charge in [-0.2, -0.15) is 0 Å². The van der Waals surface area contributed by atoms with Crippen molar-refractivity contribution < 1.29 is 19.8 Å². The zero-order valence-electron chi connectivity index (χ0n) is 10.3. The fourth-order valence-corrected chi connectivity index (χ4v) is 2.55. The molecule has 0 unspecified atom stereocenters. The molecular weight excluding hydrogens is 268 g/mol. The molecule has 104 valence electrons. The SMILES string of the molecule is O=C(NCCC(=O)N1C[C@@H](O)[C@@H](O)C1)c1cccs1. The van der Waals surface area contributed by atoms with Gasteiger partial charge in [-0.3, -0.25) is 9.59 Å². The van der Waals surface area contributed by atoms with Crippen LogP contribution in [0.15, 0.2) is 17.5 Å². The lowest BCUT2D eigenvalue weighted by Gasteiger charge is -2.15. The van der Waals surface area contributed by atoms with Crippen LogP contribution in [0.1, 0.15) is 16.1 Å². The number of hydrogen-bond donors (Lipinski definition) is 3. The van der Waals surface area contributed by atoms with E-state index in [1.54, 1.807) is 12.1 Å². The summed E-state index contributed by atoms with van der Waals surface area (Å²) in [5.74, 6) is -0.369. The van der Waals surface area contributed by atoms with Gasteiger partial charge in [-0.1, -0.05) is 6.07 Å². The lowest BCUT2D eigenvalue weighted by atomic mass is 10.3. The highest BCUT2D eigenvalue weighted by Crippen LogP contribution is 2.11.